The molecule has 0 aliphatic heterocycles. The highest BCUT2D eigenvalue weighted by Crippen LogP contribution is 1.98. The SMILES string of the molecule is COCCNC(=O)CCCCCO. The second kappa shape index (κ2) is 9.48. The fraction of sp³-hybridized carbons (Fsp3) is 0.889. The molecule has 0 unspecified atom stereocenters. The molecular formula is C9H19NO3. The molecule has 78 valence electrons. The van der Waals surface area contributed by atoms with Crippen molar-refractivity contribution in [3.63, 3.8) is 0 Å². The predicted molar refractivity (Wildman–Crippen MR) is 50.4 cm³/mol. The minimum atomic E-state index is 0.0648. The zero-order chi connectivity index (χ0) is 9.94. The van der Waals surface area contributed by atoms with Crippen molar-refractivity contribution in [3.8, 4) is 0 Å². The Morgan fingerprint density at radius 2 is 2.15 bits per heavy atom. The number of aliphatic hydroxyl groups is 1. The van der Waals surface area contributed by atoms with Crippen molar-refractivity contribution < 1.29 is 14.6 Å². The van der Waals surface area contributed by atoms with Crippen molar-refractivity contribution in [1.82, 2.24) is 5.32 Å². The summed E-state index contributed by atoms with van der Waals surface area (Å²) in [6, 6.07) is 0. The van der Waals surface area contributed by atoms with E-state index in [1.165, 1.54) is 0 Å². The standard InChI is InChI=1S/C9H19NO3/c1-13-8-6-10-9(12)5-3-2-4-7-11/h11H,2-8H2,1H3,(H,10,12). The van der Waals surface area contributed by atoms with E-state index >= 15 is 0 Å². The van der Waals surface area contributed by atoms with E-state index in [1.807, 2.05) is 0 Å². The van der Waals surface area contributed by atoms with Gasteiger partial charge in [-0.15, -0.1) is 0 Å². The molecule has 0 aromatic heterocycles. The molecule has 0 aliphatic carbocycles. The lowest BCUT2D eigenvalue weighted by atomic mass is 10.2. The molecule has 0 saturated carbocycles. The first-order valence-corrected chi connectivity index (χ1v) is 4.67. The summed E-state index contributed by atoms with van der Waals surface area (Å²) in [5.41, 5.74) is 0. The lowest BCUT2D eigenvalue weighted by Gasteiger charge is -2.03. The Morgan fingerprint density at radius 3 is 2.77 bits per heavy atom. The Labute approximate surface area is 79.3 Å². The van der Waals surface area contributed by atoms with Crippen LogP contribution in [0.15, 0.2) is 0 Å². The second-order valence-corrected chi connectivity index (χ2v) is 2.88. The Balaban J connectivity index is 3.11. The van der Waals surface area contributed by atoms with Crippen molar-refractivity contribution in [2.45, 2.75) is 25.7 Å². The molecule has 13 heavy (non-hydrogen) atoms. The van der Waals surface area contributed by atoms with Crippen molar-refractivity contribution in [2.24, 2.45) is 0 Å². The Bertz CT molecular complexity index is 128. The minimum Gasteiger partial charge on any atom is -0.396 e. The van der Waals surface area contributed by atoms with Crippen molar-refractivity contribution in [2.75, 3.05) is 26.9 Å². The molecule has 0 aliphatic rings. The van der Waals surface area contributed by atoms with Crippen LogP contribution in [0.1, 0.15) is 25.7 Å². The third-order valence-electron chi connectivity index (χ3n) is 1.69. The first-order valence-electron chi connectivity index (χ1n) is 4.67. The fourth-order valence-electron chi connectivity index (χ4n) is 0.955. The monoisotopic (exact) mass is 189 g/mol. The Morgan fingerprint density at radius 1 is 1.38 bits per heavy atom. The van der Waals surface area contributed by atoms with Crippen LogP contribution >= 0.6 is 0 Å². The summed E-state index contributed by atoms with van der Waals surface area (Å²) in [6.07, 6.45) is 3.09. The maximum absolute atomic E-state index is 11.1. The molecule has 0 heterocycles. The van der Waals surface area contributed by atoms with Gasteiger partial charge in [-0.05, 0) is 12.8 Å². The number of carbonyl (C=O) groups excluding carboxylic acids is 1. The summed E-state index contributed by atoms with van der Waals surface area (Å²) < 4.78 is 4.79. The quantitative estimate of drug-likeness (QED) is 0.540. The molecule has 0 saturated heterocycles. The Kier molecular flexibility index (Phi) is 9.03. The van der Waals surface area contributed by atoms with Gasteiger partial charge < -0.3 is 15.2 Å². The fourth-order valence-corrected chi connectivity index (χ4v) is 0.955. The number of amides is 1. The van der Waals surface area contributed by atoms with Gasteiger partial charge in [-0.1, -0.05) is 6.42 Å². The summed E-state index contributed by atoms with van der Waals surface area (Å²) in [5.74, 6) is 0.0648. The molecule has 0 rings (SSSR count). The average molecular weight is 189 g/mol. The molecule has 4 nitrogen and oxygen atoms in total. The summed E-state index contributed by atoms with van der Waals surface area (Å²) in [5, 5.41) is 11.2. The van der Waals surface area contributed by atoms with Crippen molar-refractivity contribution >= 4 is 5.91 Å². The summed E-state index contributed by atoms with van der Waals surface area (Å²) in [7, 11) is 1.60. The summed E-state index contributed by atoms with van der Waals surface area (Å²) >= 11 is 0. The van der Waals surface area contributed by atoms with Crippen LogP contribution in [0.2, 0.25) is 0 Å². The van der Waals surface area contributed by atoms with E-state index in [4.69, 9.17) is 9.84 Å². The number of aliphatic hydroxyl groups excluding tert-OH is 1. The lowest BCUT2D eigenvalue weighted by molar-refractivity contribution is -0.121. The van der Waals surface area contributed by atoms with Crippen LogP contribution in [0.4, 0.5) is 0 Å². The van der Waals surface area contributed by atoms with Crippen LogP contribution in [0, 0.1) is 0 Å². The number of ether oxygens (including phenoxy) is 1. The highest BCUT2D eigenvalue weighted by molar-refractivity contribution is 5.75. The molecule has 4 heteroatoms. The number of rotatable bonds is 8. The second-order valence-electron chi connectivity index (χ2n) is 2.88. The highest BCUT2D eigenvalue weighted by Gasteiger charge is 1.98. The summed E-state index contributed by atoms with van der Waals surface area (Å²) in [6.45, 7) is 1.35. The van der Waals surface area contributed by atoms with Gasteiger partial charge in [0.05, 0.1) is 6.61 Å². The smallest absolute Gasteiger partial charge is 0.220 e. The topological polar surface area (TPSA) is 58.6 Å². The number of hydrogen-bond acceptors (Lipinski definition) is 3. The van der Waals surface area contributed by atoms with Crippen LogP contribution in [0.3, 0.4) is 0 Å². The molecule has 0 aromatic carbocycles. The average Bonchev–Trinajstić information content (AvgIpc) is 2.13. The molecule has 2 N–H and O–H groups in total. The molecule has 0 fully saturated rings. The molecule has 0 bridgehead atoms. The zero-order valence-corrected chi connectivity index (χ0v) is 8.21. The maximum atomic E-state index is 11.1. The van der Waals surface area contributed by atoms with Crippen LogP contribution < -0.4 is 5.32 Å². The first-order chi connectivity index (χ1) is 6.31. The first kappa shape index (κ1) is 12.4. The van der Waals surface area contributed by atoms with Gasteiger partial charge in [0.1, 0.15) is 0 Å². The minimum absolute atomic E-state index is 0.0648. The molecule has 0 radical (unpaired) electrons. The van der Waals surface area contributed by atoms with Gasteiger partial charge in [0, 0.05) is 26.7 Å². The van der Waals surface area contributed by atoms with Gasteiger partial charge in [0.2, 0.25) is 5.91 Å². The van der Waals surface area contributed by atoms with Gasteiger partial charge in [0.25, 0.3) is 0 Å². The van der Waals surface area contributed by atoms with Crippen molar-refractivity contribution in [1.29, 1.82) is 0 Å². The maximum Gasteiger partial charge on any atom is 0.220 e. The van der Waals surface area contributed by atoms with E-state index in [2.05, 4.69) is 5.32 Å². The lowest BCUT2D eigenvalue weighted by Crippen LogP contribution is -2.26. The van der Waals surface area contributed by atoms with Gasteiger partial charge in [-0.25, -0.2) is 0 Å². The van der Waals surface area contributed by atoms with Crippen LogP contribution in [0.25, 0.3) is 0 Å². The van der Waals surface area contributed by atoms with E-state index in [9.17, 15) is 4.79 Å². The Hall–Kier alpha value is -0.610. The van der Waals surface area contributed by atoms with E-state index in [1.54, 1.807) is 7.11 Å². The van der Waals surface area contributed by atoms with E-state index in [-0.39, 0.29) is 12.5 Å². The number of unbranched alkanes of at least 4 members (excludes halogenated alkanes) is 2. The number of hydrogen-bond donors (Lipinski definition) is 2. The van der Waals surface area contributed by atoms with E-state index in [0.29, 0.717) is 19.6 Å². The van der Waals surface area contributed by atoms with Crippen molar-refractivity contribution in [3.05, 3.63) is 0 Å². The number of nitrogens with one attached hydrogen (secondary N) is 1. The normalized spacial score (nSPS) is 10.0. The predicted octanol–water partition coefficient (Wildman–Crippen LogP) is 0.302. The van der Waals surface area contributed by atoms with Crippen LogP contribution in [0.5, 0.6) is 0 Å². The van der Waals surface area contributed by atoms with Gasteiger partial charge in [-0.2, -0.15) is 0 Å². The largest absolute Gasteiger partial charge is 0.396 e. The highest BCUT2D eigenvalue weighted by atomic mass is 16.5. The van der Waals surface area contributed by atoms with E-state index < -0.39 is 0 Å². The molecule has 0 atom stereocenters. The molecule has 1 amide bonds. The van der Waals surface area contributed by atoms with Crippen LogP contribution in [-0.2, 0) is 9.53 Å². The van der Waals surface area contributed by atoms with E-state index in [0.717, 1.165) is 19.3 Å². The molecule has 0 spiro atoms. The zero-order valence-electron chi connectivity index (χ0n) is 8.21. The van der Waals surface area contributed by atoms with Gasteiger partial charge in [-0.3, -0.25) is 4.79 Å². The molecular weight excluding hydrogens is 170 g/mol. The van der Waals surface area contributed by atoms with Gasteiger partial charge >= 0.3 is 0 Å². The number of methoxy groups -OCH3 is 1. The third kappa shape index (κ3) is 9.30. The van der Waals surface area contributed by atoms with Crippen LogP contribution in [-0.4, -0.2) is 37.9 Å². The summed E-state index contributed by atoms with van der Waals surface area (Å²) in [4.78, 5) is 11.1. The number of carbonyl (C=O) groups is 1. The third-order valence-corrected chi connectivity index (χ3v) is 1.69. The van der Waals surface area contributed by atoms with Gasteiger partial charge in [0.15, 0.2) is 0 Å². The molecule has 0 aromatic rings.